The van der Waals surface area contributed by atoms with Gasteiger partial charge in [0.1, 0.15) is 23.9 Å². The summed E-state index contributed by atoms with van der Waals surface area (Å²) in [5.41, 5.74) is 17.0. The third kappa shape index (κ3) is 11.7. The van der Waals surface area contributed by atoms with E-state index in [-0.39, 0.29) is 25.1 Å². The second kappa shape index (κ2) is 16.4. The highest BCUT2D eigenvalue weighted by molar-refractivity contribution is 5.93. The number of phenolic OH excluding ortho intramolecular Hbond substituents is 1. The van der Waals surface area contributed by atoms with Gasteiger partial charge in [-0.25, -0.2) is 4.79 Å². The van der Waals surface area contributed by atoms with Crippen LogP contribution in [0, 0.1) is 0 Å². The Morgan fingerprint density at radius 1 is 0.743 bits per heavy atom. The van der Waals surface area contributed by atoms with E-state index in [2.05, 4.69) is 16.0 Å². The second-order valence-electron chi connectivity index (χ2n) is 8.22. The van der Waals surface area contributed by atoms with Crippen molar-refractivity contribution in [2.75, 3.05) is 19.6 Å². The van der Waals surface area contributed by atoms with Crippen LogP contribution in [0.15, 0.2) is 24.3 Å². The molecule has 0 bridgehead atoms. The second-order valence-corrected chi connectivity index (χ2v) is 8.22. The number of carbonyl (C=O) groups is 4. The van der Waals surface area contributed by atoms with Gasteiger partial charge in [0, 0.05) is 6.42 Å². The number of amides is 3. The molecule has 0 fully saturated rings. The minimum Gasteiger partial charge on any atom is -0.508 e. The zero-order valence-electron chi connectivity index (χ0n) is 19.9. The molecule has 0 aromatic heterocycles. The van der Waals surface area contributed by atoms with Crippen LogP contribution in [0.2, 0.25) is 0 Å². The molecule has 11 N–H and O–H groups in total. The van der Waals surface area contributed by atoms with Crippen LogP contribution in [-0.2, 0) is 25.6 Å². The number of unbranched alkanes of at least 4 members (excludes halogenated alkanes) is 2. The number of carboxylic acids is 1. The van der Waals surface area contributed by atoms with Crippen LogP contribution >= 0.6 is 0 Å². The van der Waals surface area contributed by atoms with E-state index in [0.717, 1.165) is 0 Å². The van der Waals surface area contributed by atoms with Crippen LogP contribution in [0.5, 0.6) is 5.75 Å². The number of aromatic hydroxyl groups is 1. The molecule has 1 rings (SSSR count). The predicted molar refractivity (Wildman–Crippen MR) is 130 cm³/mol. The van der Waals surface area contributed by atoms with E-state index in [1.54, 1.807) is 12.1 Å². The molecule has 3 amide bonds. The molecule has 1 aromatic rings. The van der Waals surface area contributed by atoms with Crippen LogP contribution in [0.4, 0.5) is 0 Å². The Bertz CT molecular complexity index is 819. The average Bonchev–Trinajstić information content (AvgIpc) is 2.83. The lowest BCUT2D eigenvalue weighted by molar-refractivity contribution is -0.142. The largest absolute Gasteiger partial charge is 0.508 e. The lowest BCUT2D eigenvalue weighted by Gasteiger charge is -2.24. The summed E-state index contributed by atoms with van der Waals surface area (Å²) in [4.78, 5) is 49.5. The molecule has 0 saturated heterocycles. The van der Waals surface area contributed by atoms with Crippen molar-refractivity contribution in [2.24, 2.45) is 17.2 Å². The summed E-state index contributed by atoms with van der Waals surface area (Å²) < 4.78 is 0. The van der Waals surface area contributed by atoms with E-state index < -0.39 is 41.8 Å². The Labute approximate surface area is 205 Å². The van der Waals surface area contributed by atoms with Crippen LogP contribution in [-0.4, -0.2) is 71.7 Å². The monoisotopic (exact) mass is 494 g/mol. The van der Waals surface area contributed by atoms with Crippen molar-refractivity contribution in [3.8, 4) is 5.75 Å². The Hall–Kier alpha value is -3.22. The van der Waals surface area contributed by atoms with Gasteiger partial charge < -0.3 is 43.4 Å². The highest BCUT2D eigenvalue weighted by Gasteiger charge is 2.29. The fourth-order valence-electron chi connectivity index (χ4n) is 3.39. The molecule has 0 spiro atoms. The Kier molecular flexibility index (Phi) is 14.0. The van der Waals surface area contributed by atoms with Crippen molar-refractivity contribution < 1.29 is 29.4 Å². The maximum atomic E-state index is 13.0. The number of hydrogen-bond donors (Lipinski definition) is 8. The number of nitrogens with one attached hydrogen (secondary N) is 3. The van der Waals surface area contributed by atoms with Gasteiger partial charge in [-0.15, -0.1) is 0 Å². The molecule has 0 saturated carbocycles. The van der Waals surface area contributed by atoms with E-state index in [4.69, 9.17) is 17.2 Å². The van der Waals surface area contributed by atoms with Gasteiger partial charge >= 0.3 is 5.97 Å². The summed E-state index contributed by atoms with van der Waals surface area (Å²) in [7, 11) is 0. The van der Waals surface area contributed by atoms with Crippen molar-refractivity contribution in [1.29, 1.82) is 0 Å². The number of nitrogens with two attached hydrogens (primary N) is 3. The summed E-state index contributed by atoms with van der Waals surface area (Å²) in [6, 6.07) is 2.78. The van der Waals surface area contributed by atoms with Gasteiger partial charge in [0.25, 0.3) is 0 Å². The molecule has 1 aromatic carbocycles. The minimum atomic E-state index is -1.25. The molecular weight excluding hydrogens is 456 g/mol. The van der Waals surface area contributed by atoms with Crippen LogP contribution in [0.1, 0.15) is 44.1 Å². The molecule has 3 unspecified atom stereocenters. The average molecular weight is 495 g/mol. The molecule has 12 heteroatoms. The molecule has 0 radical (unpaired) electrons. The van der Waals surface area contributed by atoms with E-state index in [0.29, 0.717) is 50.8 Å². The van der Waals surface area contributed by atoms with Gasteiger partial charge in [0.2, 0.25) is 17.7 Å². The molecular formula is C23H38N6O6. The molecule has 196 valence electrons. The number of hydrogen-bond acceptors (Lipinski definition) is 8. The third-order valence-corrected chi connectivity index (χ3v) is 5.35. The molecule has 3 atom stereocenters. The Balaban J connectivity index is 2.95. The normalized spacial score (nSPS) is 13.3. The number of aliphatic carboxylic acids is 1. The predicted octanol–water partition coefficient (Wildman–Crippen LogP) is -1.31. The first-order chi connectivity index (χ1) is 16.7. The van der Waals surface area contributed by atoms with Crippen molar-refractivity contribution in [3.05, 3.63) is 29.8 Å². The van der Waals surface area contributed by atoms with E-state index in [1.165, 1.54) is 12.1 Å². The van der Waals surface area contributed by atoms with Crippen LogP contribution in [0.3, 0.4) is 0 Å². The number of rotatable bonds is 17. The zero-order valence-corrected chi connectivity index (χ0v) is 19.9. The maximum Gasteiger partial charge on any atom is 0.326 e. The fourth-order valence-corrected chi connectivity index (χ4v) is 3.39. The molecule has 35 heavy (non-hydrogen) atoms. The molecule has 0 aliphatic heterocycles. The van der Waals surface area contributed by atoms with Crippen LogP contribution < -0.4 is 33.2 Å². The zero-order chi connectivity index (χ0) is 26.2. The summed E-state index contributed by atoms with van der Waals surface area (Å²) in [5, 5.41) is 26.7. The van der Waals surface area contributed by atoms with Gasteiger partial charge in [0.05, 0.1) is 6.54 Å². The van der Waals surface area contributed by atoms with Crippen molar-refractivity contribution in [2.45, 2.75) is 63.1 Å². The number of carbonyl (C=O) groups excluding carboxylic acids is 3. The summed E-state index contributed by atoms with van der Waals surface area (Å²) in [6.07, 6.45) is 2.90. The minimum absolute atomic E-state index is 0.0148. The van der Waals surface area contributed by atoms with E-state index in [1.807, 2.05) is 0 Å². The highest BCUT2D eigenvalue weighted by atomic mass is 16.4. The summed E-state index contributed by atoms with van der Waals surface area (Å²) in [5.74, 6) is -2.94. The lowest BCUT2D eigenvalue weighted by Crippen LogP contribution is -2.56. The molecule has 0 aliphatic carbocycles. The molecule has 0 aliphatic rings. The first-order valence-corrected chi connectivity index (χ1v) is 11.7. The third-order valence-electron chi connectivity index (χ3n) is 5.35. The van der Waals surface area contributed by atoms with Crippen molar-refractivity contribution in [3.63, 3.8) is 0 Å². The Morgan fingerprint density at radius 3 is 1.69 bits per heavy atom. The van der Waals surface area contributed by atoms with Crippen molar-refractivity contribution in [1.82, 2.24) is 16.0 Å². The highest BCUT2D eigenvalue weighted by Crippen LogP contribution is 2.12. The standard InChI is InChI=1S/C23H38N6O6/c24-11-3-1-5-17(27-20(31)14-26)21(32)28-18(6-2-4-12-25)22(33)29-19(23(34)35)13-15-7-9-16(30)10-8-15/h7-10,17-19,30H,1-6,11-14,24-26H2,(H,27,31)(H,28,32)(H,29,33)(H,34,35). The SMILES string of the molecule is NCCCCC(NC(=O)CN)C(=O)NC(CCCCN)C(=O)NC(Cc1ccc(O)cc1)C(=O)O. The summed E-state index contributed by atoms with van der Waals surface area (Å²) >= 11 is 0. The van der Waals surface area contributed by atoms with Gasteiger partial charge in [-0.05, 0) is 69.3 Å². The number of benzene rings is 1. The Morgan fingerprint density at radius 2 is 1.23 bits per heavy atom. The van der Waals surface area contributed by atoms with Gasteiger partial charge in [-0.2, -0.15) is 0 Å². The molecule has 12 nitrogen and oxygen atoms in total. The summed E-state index contributed by atoms with van der Waals surface area (Å²) in [6.45, 7) is 0.536. The first-order valence-electron chi connectivity index (χ1n) is 11.7. The number of phenols is 1. The molecule has 0 heterocycles. The van der Waals surface area contributed by atoms with E-state index >= 15 is 0 Å². The van der Waals surface area contributed by atoms with Gasteiger partial charge in [-0.1, -0.05) is 12.1 Å². The topological polar surface area (TPSA) is 223 Å². The number of carboxylic acid groups (broad SMARTS) is 1. The smallest absolute Gasteiger partial charge is 0.326 e. The quantitative estimate of drug-likeness (QED) is 0.120. The van der Waals surface area contributed by atoms with Gasteiger partial charge in [-0.3, -0.25) is 14.4 Å². The van der Waals surface area contributed by atoms with E-state index in [9.17, 15) is 29.4 Å². The maximum absolute atomic E-state index is 13.0. The first kappa shape index (κ1) is 29.8. The van der Waals surface area contributed by atoms with Crippen LogP contribution in [0.25, 0.3) is 0 Å². The lowest BCUT2D eigenvalue weighted by atomic mass is 10.0. The van der Waals surface area contributed by atoms with Gasteiger partial charge in [0.15, 0.2) is 0 Å². The van der Waals surface area contributed by atoms with Crippen molar-refractivity contribution >= 4 is 23.7 Å². The fraction of sp³-hybridized carbons (Fsp3) is 0.565.